The summed E-state index contributed by atoms with van der Waals surface area (Å²) in [6.07, 6.45) is 3.72. The lowest BCUT2D eigenvalue weighted by Crippen LogP contribution is -2.09. The van der Waals surface area contributed by atoms with E-state index in [1.165, 1.54) is 6.26 Å². The summed E-state index contributed by atoms with van der Waals surface area (Å²) in [5.74, 6) is 0.168. The third kappa shape index (κ3) is 3.12. The summed E-state index contributed by atoms with van der Waals surface area (Å²) in [4.78, 5) is 3.19. The molecule has 6 nitrogen and oxygen atoms in total. The van der Waals surface area contributed by atoms with E-state index in [9.17, 15) is 8.42 Å². The van der Waals surface area contributed by atoms with Gasteiger partial charge in [-0.1, -0.05) is 13.3 Å². The molecule has 2 rings (SSSR count). The van der Waals surface area contributed by atoms with Crippen molar-refractivity contribution in [2.45, 2.75) is 32.7 Å². The predicted molar refractivity (Wildman–Crippen MR) is 82.2 cm³/mol. The summed E-state index contributed by atoms with van der Waals surface area (Å²) in [7, 11) is -1.05. The SMILES string of the molecule is CCCc1nn(C)c2c1[nH]c(=S)n2CCCS(C)(=O)=O. The minimum Gasteiger partial charge on any atom is -0.328 e. The molecule has 20 heavy (non-hydrogen) atoms. The summed E-state index contributed by atoms with van der Waals surface area (Å²) in [5, 5.41) is 4.50. The fraction of sp³-hybridized carbons (Fsp3) is 0.667. The first-order valence-corrected chi connectivity index (χ1v) is 9.12. The number of hydrogen-bond donors (Lipinski definition) is 1. The molecule has 0 aliphatic heterocycles. The van der Waals surface area contributed by atoms with Crippen molar-refractivity contribution in [1.82, 2.24) is 19.3 Å². The largest absolute Gasteiger partial charge is 0.328 e. The van der Waals surface area contributed by atoms with Gasteiger partial charge in [0.15, 0.2) is 10.4 Å². The quantitative estimate of drug-likeness (QED) is 0.825. The first kappa shape index (κ1) is 15.2. The van der Waals surface area contributed by atoms with Crippen molar-refractivity contribution in [3.63, 3.8) is 0 Å². The van der Waals surface area contributed by atoms with Crippen LogP contribution in [0.4, 0.5) is 0 Å². The highest BCUT2D eigenvalue weighted by Crippen LogP contribution is 2.19. The van der Waals surface area contributed by atoms with Crippen LogP contribution < -0.4 is 0 Å². The van der Waals surface area contributed by atoms with Crippen molar-refractivity contribution in [2.24, 2.45) is 7.05 Å². The van der Waals surface area contributed by atoms with E-state index >= 15 is 0 Å². The Bertz CT molecular complexity index is 767. The molecule has 0 amide bonds. The van der Waals surface area contributed by atoms with Gasteiger partial charge in [0.25, 0.3) is 0 Å². The highest BCUT2D eigenvalue weighted by molar-refractivity contribution is 7.90. The maximum Gasteiger partial charge on any atom is 0.179 e. The van der Waals surface area contributed by atoms with E-state index in [1.807, 2.05) is 16.3 Å². The normalized spacial score (nSPS) is 12.3. The number of hydrogen-bond acceptors (Lipinski definition) is 4. The lowest BCUT2D eigenvalue weighted by Gasteiger charge is -2.04. The zero-order chi connectivity index (χ0) is 14.9. The topological polar surface area (TPSA) is 72.7 Å². The predicted octanol–water partition coefficient (Wildman–Crippen LogP) is 1.82. The average Bonchev–Trinajstić information content (AvgIpc) is 2.78. The molecule has 0 unspecified atom stereocenters. The van der Waals surface area contributed by atoms with E-state index in [-0.39, 0.29) is 5.75 Å². The van der Waals surface area contributed by atoms with Crippen molar-refractivity contribution in [2.75, 3.05) is 12.0 Å². The maximum atomic E-state index is 11.2. The number of rotatable bonds is 6. The Morgan fingerprint density at radius 3 is 2.70 bits per heavy atom. The minimum absolute atomic E-state index is 0.168. The number of nitrogens with one attached hydrogen (secondary N) is 1. The molecule has 0 saturated heterocycles. The number of H-pyrrole nitrogens is 1. The molecule has 0 bridgehead atoms. The monoisotopic (exact) mass is 316 g/mol. The van der Waals surface area contributed by atoms with Crippen molar-refractivity contribution in [1.29, 1.82) is 0 Å². The van der Waals surface area contributed by atoms with Crippen LogP contribution in [-0.2, 0) is 29.9 Å². The van der Waals surface area contributed by atoms with E-state index < -0.39 is 9.84 Å². The van der Waals surface area contributed by atoms with Gasteiger partial charge in [0.05, 0.1) is 11.4 Å². The number of aromatic amines is 1. The lowest BCUT2D eigenvalue weighted by atomic mass is 10.2. The van der Waals surface area contributed by atoms with Crippen LogP contribution in [0.1, 0.15) is 25.5 Å². The summed E-state index contributed by atoms with van der Waals surface area (Å²) in [6, 6.07) is 0. The molecule has 1 N–H and O–H groups in total. The number of aromatic nitrogens is 4. The summed E-state index contributed by atoms with van der Waals surface area (Å²) < 4.78 is 26.8. The summed E-state index contributed by atoms with van der Waals surface area (Å²) in [6.45, 7) is 2.69. The van der Waals surface area contributed by atoms with Gasteiger partial charge in [-0.05, 0) is 25.1 Å². The Labute approximate surface area is 123 Å². The molecule has 0 saturated carbocycles. The van der Waals surface area contributed by atoms with E-state index in [1.54, 1.807) is 0 Å². The first-order chi connectivity index (χ1) is 9.33. The third-order valence-electron chi connectivity index (χ3n) is 3.21. The molecule has 0 aliphatic rings. The molecule has 112 valence electrons. The Morgan fingerprint density at radius 2 is 2.10 bits per heavy atom. The van der Waals surface area contributed by atoms with Crippen LogP contribution >= 0.6 is 12.2 Å². The molecular formula is C12H20N4O2S2. The van der Waals surface area contributed by atoms with Gasteiger partial charge in [-0.2, -0.15) is 5.10 Å². The Morgan fingerprint density at radius 1 is 1.40 bits per heavy atom. The van der Waals surface area contributed by atoms with Crippen LogP contribution in [0.2, 0.25) is 0 Å². The molecule has 0 spiro atoms. The van der Waals surface area contributed by atoms with Gasteiger partial charge in [-0.3, -0.25) is 4.68 Å². The van der Waals surface area contributed by atoms with E-state index in [2.05, 4.69) is 17.0 Å². The number of nitrogens with zero attached hydrogens (tertiary/aromatic N) is 3. The van der Waals surface area contributed by atoms with E-state index in [0.29, 0.717) is 17.7 Å². The second kappa shape index (κ2) is 5.69. The van der Waals surface area contributed by atoms with Crippen LogP contribution in [0.3, 0.4) is 0 Å². The van der Waals surface area contributed by atoms with Gasteiger partial charge >= 0.3 is 0 Å². The Hall–Kier alpha value is -1.15. The Kier molecular flexibility index (Phi) is 4.33. The second-order valence-corrected chi connectivity index (χ2v) is 7.73. The zero-order valence-electron chi connectivity index (χ0n) is 12.0. The lowest BCUT2D eigenvalue weighted by molar-refractivity contribution is 0.590. The number of fused-ring (bicyclic) bond motifs is 1. The van der Waals surface area contributed by atoms with Gasteiger partial charge in [0, 0.05) is 19.8 Å². The number of aryl methyl sites for hydroxylation is 3. The zero-order valence-corrected chi connectivity index (χ0v) is 13.6. The first-order valence-electron chi connectivity index (χ1n) is 6.65. The fourth-order valence-corrected chi connectivity index (χ4v) is 3.31. The van der Waals surface area contributed by atoms with Gasteiger partial charge in [-0.25, -0.2) is 8.42 Å². The maximum absolute atomic E-state index is 11.2. The van der Waals surface area contributed by atoms with E-state index in [4.69, 9.17) is 12.2 Å². The van der Waals surface area contributed by atoms with Gasteiger partial charge in [0.1, 0.15) is 15.4 Å². The molecule has 0 fully saturated rings. The molecule has 2 heterocycles. The molecule has 0 aromatic carbocycles. The molecule has 8 heteroatoms. The van der Waals surface area contributed by atoms with Gasteiger partial charge < -0.3 is 9.55 Å². The van der Waals surface area contributed by atoms with Crippen LogP contribution in [0.25, 0.3) is 11.2 Å². The second-order valence-electron chi connectivity index (χ2n) is 5.08. The average molecular weight is 316 g/mol. The highest BCUT2D eigenvalue weighted by atomic mass is 32.2. The summed E-state index contributed by atoms with van der Waals surface area (Å²) >= 11 is 5.33. The third-order valence-corrected chi connectivity index (χ3v) is 4.56. The van der Waals surface area contributed by atoms with Crippen LogP contribution in [0.15, 0.2) is 0 Å². The highest BCUT2D eigenvalue weighted by Gasteiger charge is 2.15. The van der Waals surface area contributed by atoms with Crippen molar-refractivity contribution in [3.05, 3.63) is 10.5 Å². The smallest absolute Gasteiger partial charge is 0.179 e. The van der Waals surface area contributed by atoms with Crippen LogP contribution in [-0.4, -0.2) is 39.8 Å². The minimum atomic E-state index is -2.94. The standard InChI is InChI=1S/C12H20N4O2S2/c1-4-6-9-10-11(15(2)14-9)16(12(19)13-10)7-5-8-20(3,17)18/h4-8H2,1-3H3,(H,13,19). The van der Waals surface area contributed by atoms with Crippen LogP contribution in [0.5, 0.6) is 0 Å². The summed E-state index contributed by atoms with van der Waals surface area (Å²) in [5.41, 5.74) is 2.92. The molecule has 0 atom stereocenters. The number of sulfone groups is 1. The Balaban J connectivity index is 2.34. The fourth-order valence-electron chi connectivity index (χ4n) is 2.38. The van der Waals surface area contributed by atoms with Gasteiger partial charge in [0.2, 0.25) is 0 Å². The molecule has 2 aromatic rings. The van der Waals surface area contributed by atoms with Crippen LogP contribution in [0, 0.1) is 4.77 Å². The van der Waals surface area contributed by atoms with Crippen molar-refractivity contribution in [3.8, 4) is 0 Å². The van der Waals surface area contributed by atoms with Crippen molar-refractivity contribution >= 4 is 33.2 Å². The molecular weight excluding hydrogens is 296 g/mol. The molecule has 2 aromatic heterocycles. The number of imidazole rings is 1. The molecule has 0 aliphatic carbocycles. The van der Waals surface area contributed by atoms with Gasteiger partial charge in [-0.15, -0.1) is 0 Å². The molecule has 0 radical (unpaired) electrons. The van der Waals surface area contributed by atoms with E-state index in [0.717, 1.165) is 29.7 Å². The van der Waals surface area contributed by atoms with Crippen molar-refractivity contribution < 1.29 is 8.42 Å².